The molecule has 0 bridgehead atoms. The molecule has 1 aliphatic rings. The van der Waals surface area contributed by atoms with Crippen LogP contribution in [0, 0.1) is 5.92 Å². The van der Waals surface area contributed by atoms with Gasteiger partial charge < -0.3 is 9.84 Å². The van der Waals surface area contributed by atoms with Gasteiger partial charge in [-0.15, -0.1) is 6.58 Å². The highest BCUT2D eigenvalue weighted by Crippen LogP contribution is 2.20. The minimum atomic E-state index is -0.690. The first-order valence-electron chi connectivity index (χ1n) is 7.36. The largest absolute Gasteiger partial charge is 0.494 e. The summed E-state index contributed by atoms with van der Waals surface area (Å²) in [4.78, 5) is 12.9. The van der Waals surface area contributed by atoms with Crippen LogP contribution in [0.3, 0.4) is 0 Å². The number of allylic oxidation sites excluding steroid dienone is 1. The van der Waals surface area contributed by atoms with Crippen LogP contribution in [0.1, 0.15) is 25.3 Å². The highest BCUT2D eigenvalue weighted by molar-refractivity contribution is 5.71. The average Bonchev–Trinajstić information content (AvgIpc) is 2.39. The third-order valence-electron chi connectivity index (χ3n) is 3.65. The van der Waals surface area contributed by atoms with E-state index in [1.807, 2.05) is 31.2 Å². The molecule has 0 aliphatic carbocycles. The fourth-order valence-corrected chi connectivity index (χ4v) is 2.37. The highest BCUT2D eigenvalue weighted by atomic mass is 16.5. The van der Waals surface area contributed by atoms with Crippen LogP contribution in [0.25, 0.3) is 0 Å². The number of carboxylic acid groups (broad SMARTS) is 1. The molecule has 21 heavy (non-hydrogen) atoms. The second-order valence-electron chi connectivity index (χ2n) is 5.78. The number of hydrogen-bond acceptors (Lipinski definition) is 3. The lowest BCUT2D eigenvalue weighted by Gasteiger charge is -2.36. The van der Waals surface area contributed by atoms with Crippen molar-refractivity contribution in [3.63, 3.8) is 0 Å². The summed E-state index contributed by atoms with van der Waals surface area (Å²) in [5.74, 6) is -0.00169. The van der Waals surface area contributed by atoms with Crippen molar-refractivity contribution < 1.29 is 14.6 Å². The quantitative estimate of drug-likeness (QED) is 0.590. The van der Waals surface area contributed by atoms with Crippen LogP contribution >= 0.6 is 0 Å². The Morgan fingerprint density at radius 1 is 1.38 bits per heavy atom. The van der Waals surface area contributed by atoms with Crippen LogP contribution in [0.15, 0.2) is 36.4 Å². The molecule has 1 aliphatic heterocycles. The van der Waals surface area contributed by atoms with Gasteiger partial charge >= 0.3 is 5.97 Å². The Kier molecular flexibility index (Phi) is 5.39. The number of aliphatic carboxylic acids is 1. The van der Waals surface area contributed by atoms with Crippen LogP contribution in [-0.4, -0.2) is 35.7 Å². The maximum atomic E-state index is 10.7. The summed E-state index contributed by atoms with van der Waals surface area (Å²) in [6, 6.07) is 8.04. The predicted octanol–water partition coefficient (Wildman–Crippen LogP) is 2.94. The smallest absolute Gasteiger partial charge is 0.309 e. The molecule has 0 atom stereocenters. The topological polar surface area (TPSA) is 49.8 Å². The number of carbonyl (C=O) groups is 1. The van der Waals surface area contributed by atoms with Gasteiger partial charge in [0.15, 0.2) is 0 Å². The number of likely N-dealkylation sites (tertiary alicyclic amines) is 1. The molecule has 114 valence electrons. The summed E-state index contributed by atoms with van der Waals surface area (Å²) >= 11 is 0. The fourth-order valence-electron chi connectivity index (χ4n) is 2.37. The zero-order valence-electron chi connectivity index (χ0n) is 12.5. The summed E-state index contributed by atoms with van der Waals surface area (Å²) < 4.78 is 5.67. The molecule has 2 rings (SSSR count). The third-order valence-corrected chi connectivity index (χ3v) is 3.65. The zero-order chi connectivity index (χ0) is 15.2. The lowest BCUT2D eigenvalue weighted by atomic mass is 10.00. The minimum Gasteiger partial charge on any atom is -0.494 e. The van der Waals surface area contributed by atoms with E-state index in [9.17, 15) is 4.79 Å². The van der Waals surface area contributed by atoms with E-state index >= 15 is 0 Å². The lowest BCUT2D eigenvalue weighted by Crippen LogP contribution is -2.49. The molecule has 4 heteroatoms. The van der Waals surface area contributed by atoms with E-state index in [-0.39, 0.29) is 5.92 Å². The summed E-state index contributed by atoms with van der Waals surface area (Å²) in [6.07, 6.45) is 1.99. The number of ether oxygens (including phenoxy) is 1. The molecule has 0 aromatic heterocycles. The van der Waals surface area contributed by atoms with Gasteiger partial charge in [0.2, 0.25) is 0 Å². The number of carboxylic acids is 1. The zero-order valence-corrected chi connectivity index (χ0v) is 12.5. The van der Waals surface area contributed by atoms with Gasteiger partial charge in [-0.2, -0.15) is 0 Å². The summed E-state index contributed by atoms with van der Waals surface area (Å²) in [6.45, 7) is 8.71. The van der Waals surface area contributed by atoms with Crippen molar-refractivity contribution in [2.75, 3.05) is 19.7 Å². The van der Waals surface area contributed by atoms with E-state index in [0.29, 0.717) is 19.7 Å². The van der Waals surface area contributed by atoms with Gasteiger partial charge in [0, 0.05) is 19.6 Å². The Balaban J connectivity index is 1.70. The normalized spacial score (nSPS) is 15.5. The van der Waals surface area contributed by atoms with E-state index in [1.165, 1.54) is 11.1 Å². The summed E-state index contributed by atoms with van der Waals surface area (Å²) in [7, 11) is 0. The van der Waals surface area contributed by atoms with Crippen molar-refractivity contribution >= 4 is 5.97 Å². The van der Waals surface area contributed by atoms with Crippen LogP contribution in [-0.2, 0) is 11.3 Å². The maximum absolute atomic E-state index is 10.7. The SMILES string of the molecule is C=C(C)CCCOc1ccc(CN2CC(C(=O)O)C2)cc1. The van der Waals surface area contributed by atoms with E-state index in [1.54, 1.807) is 0 Å². The lowest BCUT2D eigenvalue weighted by molar-refractivity contribution is -0.147. The van der Waals surface area contributed by atoms with Gasteiger partial charge in [-0.05, 0) is 37.5 Å². The van der Waals surface area contributed by atoms with E-state index in [0.717, 1.165) is 25.1 Å². The first kappa shape index (κ1) is 15.6. The average molecular weight is 289 g/mol. The molecule has 4 nitrogen and oxygen atoms in total. The van der Waals surface area contributed by atoms with Crippen LogP contribution in [0.2, 0.25) is 0 Å². The van der Waals surface area contributed by atoms with Gasteiger partial charge in [0.1, 0.15) is 5.75 Å². The molecule has 0 amide bonds. The van der Waals surface area contributed by atoms with Crippen LogP contribution in [0.5, 0.6) is 5.75 Å². The first-order valence-corrected chi connectivity index (χ1v) is 7.36. The van der Waals surface area contributed by atoms with Crippen molar-refractivity contribution in [2.24, 2.45) is 5.92 Å². The Morgan fingerprint density at radius 2 is 2.05 bits per heavy atom. The van der Waals surface area contributed by atoms with Crippen LogP contribution in [0.4, 0.5) is 0 Å². The van der Waals surface area contributed by atoms with Gasteiger partial charge in [-0.1, -0.05) is 17.7 Å². The molecule has 1 heterocycles. The van der Waals surface area contributed by atoms with Gasteiger partial charge in [0.05, 0.1) is 12.5 Å². The van der Waals surface area contributed by atoms with Crippen molar-refractivity contribution in [2.45, 2.75) is 26.3 Å². The van der Waals surface area contributed by atoms with Crippen molar-refractivity contribution in [3.05, 3.63) is 42.0 Å². The third kappa shape index (κ3) is 4.90. The monoisotopic (exact) mass is 289 g/mol. The molecule has 1 N–H and O–H groups in total. The molecule has 0 unspecified atom stereocenters. The second kappa shape index (κ2) is 7.27. The fraction of sp³-hybridized carbons (Fsp3) is 0.471. The first-order chi connectivity index (χ1) is 10.0. The van der Waals surface area contributed by atoms with Crippen LogP contribution < -0.4 is 4.74 Å². The standard InChI is InChI=1S/C17H23NO3/c1-13(2)4-3-9-21-16-7-5-14(6-8-16)10-18-11-15(12-18)17(19)20/h5-8,15H,1,3-4,9-12H2,2H3,(H,19,20). The molecule has 0 spiro atoms. The van der Waals surface area contributed by atoms with Crippen molar-refractivity contribution in [1.82, 2.24) is 4.90 Å². The second-order valence-corrected chi connectivity index (χ2v) is 5.78. The molecule has 1 saturated heterocycles. The Labute approximate surface area is 126 Å². The highest BCUT2D eigenvalue weighted by Gasteiger charge is 2.31. The minimum absolute atomic E-state index is 0.194. The molecule has 0 radical (unpaired) electrons. The molecule has 1 aromatic carbocycles. The van der Waals surface area contributed by atoms with Crippen molar-refractivity contribution in [3.8, 4) is 5.75 Å². The maximum Gasteiger partial charge on any atom is 0.309 e. The van der Waals surface area contributed by atoms with Crippen molar-refractivity contribution in [1.29, 1.82) is 0 Å². The number of benzene rings is 1. The van der Waals surface area contributed by atoms with Gasteiger partial charge in [-0.25, -0.2) is 0 Å². The Bertz CT molecular complexity index is 489. The van der Waals surface area contributed by atoms with E-state index in [4.69, 9.17) is 9.84 Å². The number of nitrogens with zero attached hydrogens (tertiary/aromatic N) is 1. The predicted molar refractivity (Wildman–Crippen MR) is 82.4 cm³/mol. The summed E-state index contributed by atoms with van der Waals surface area (Å²) in [5.41, 5.74) is 2.37. The van der Waals surface area contributed by atoms with Gasteiger partial charge in [-0.3, -0.25) is 9.69 Å². The molecule has 0 saturated carbocycles. The number of rotatable bonds is 8. The molecular formula is C17H23NO3. The van der Waals surface area contributed by atoms with E-state index < -0.39 is 5.97 Å². The number of hydrogen-bond donors (Lipinski definition) is 1. The molecule has 1 aromatic rings. The Morgan fingerprint density at radius 3 is 2.62 bits per heavy atom. The Hall–Kier alpha value is -1.81. The molecular weight excluding hydrogens is 266 g/mol. The summed E-state index contributed by atoms with van der Waals surface area (Å²) in [5, 5.41) is 8.84. The van der Waals surface area contributed by atoms with Gasteiger partial charge in [0.25, 0.3) is 0 Å². The molecule has 1 fully saturated rings. The van der Waals surface area contributed by atoms with E-state index in [2.05, 4.69) is 11.5 Å².